The fourth-order valence-corrected chi connectivity index (χ4v) is 4.08. The number of aryl methyl sites for hydroxylation is 1. The van der Waals surface area contributed by atoms with Gasteiger partial charge in [0.15, 0.2) is 0 Å². The molecule has 0 spiro atoms. The normalized spacial score (nSPS) is 21.0. The largest absolute Gasteiger partial charge is 0.495 e. The van der Waals surface area contributed by atoms with Crippen LogP contribution in [0.2, 0.25) is 0 Å². The molecule has 2 aromatic rings. The maximum absolute atomic E-state index is 12.7. The van der Waals surface area contributed by atoms with Crippen LogP contribution in [0.25, 0.3) is 0 Å². The lowest BCUT2D eigenvalue weighted by Crippen LogP contribution is -2.48. The predicted octanol–water partition coefficient (Wildman–Crippen LogP) is 3.18. The first-order chi connectivity index (χ1) is 11.6. The minimum Gasteiger partial charge on any atom is -0.495 e. The minimum absolute atomic E-state index is 0.0235. The third-order valence-electron chi connectivity index (χ3n) is 4.58. The number of hydrogen-bond acceptors (Lipinski definition) is 4. The number of hydrogen-bond donors (Lipinski definition) is 2. The smallest absolute Gasteiger partial charge is 0.265 e. The first kappa shape index (κ1) is 17.0. The van der Waals surface area contributed by atoms with E-state index in [0.717, 1.165) is 24.1 Å². The number of ether oxygens (including phenoxy) is 1. The van der Waals surface area contributed by atoms with Crippen LogP contribution >= 0.6 is 11.3 Å². The van der Waals surface area contributed by atoms with E-state index in [2.05, 4.69) is 17.4 Å². The van der Waals surface area contributed by atoms with Crippen LogP contribution in [-0.4, -0.2) is 30.3 Å². The molecule has 0 saturated heterocycles. The summed E-state index contributed by atoms with van der Waals surface area (Å²) in [7, 11) is 1.59. The van der Waals surface area contributed by atoms with Crippen molar-refractivity contribution in [2.45, 2.75) is 38.3 Å². The highest BCUT2D eigenvalue weighted by molar-refractivity contribution is 7.14. The number of aliphatic hydroxyl groups excluding tert-OH is 1. The maximum atomic E-state index is 12.7. The van der Waals surface area contributed by atoms with Gasteiger partial charge in [0.05, 0.1) is 13.2 Å². The molecule has 1 saturated carbocycles. The Morgan fingerprint density at radius 1 is 1.38 bits per heavy atom. The Hall–Kier alpha value is -1.85. The summed E-state index contributed by atoms with van der Waals surface area (Å²) in [5, 5.41) is 12.8. The third-order valence-corrected chi connectivity index (χ3v) is 5.61. The molecule has 0 radical (unpaired) electrons. The van der Waals surface area contributed by atoms with E-state index in [4.69, 9.17) is 4.74 Å². The first-order valence-electron chi connectivity index (χ1n) is 8.24. The molecule has 0 bridgehead atoms. The lowest BCUT2D eigenvalue weighted by atomic mass is 9.75. The van der Waals surface area contributed by atoms with Crippen molar-refractivity contribution in [1.82, 2.24) is 5.32 Å². The number of thiophene rings is 1. The molecule has 1 atom stereocenters. The number of methoxy groups -OCH3 is 1. The molecule has 2 N–H and O–H groups in total. The fourth-order valence-electron chi connectivity index (χ4n) is 3.20. The zero-order valence-corrected chi connectivity index (χ0v) is 14.8. The van der Waals surface area contributed by atoms with Gasteiger partial charge in [-0.05, 0) is 43.7 Å². The number of benzene rings is 1. The van der Waals surface area contributed by atoms with Gasteiger partial charge in [0.1, 0.15) is 10.6 Å². The summed E-state index contributed by atoms with van der Waals surface area (Å²) in [5.41, 5.74) is 1.19. The summed E-state index contributed by atoms with van der Waals surface area (Å²) >= 11 is 1.45. The highest BCUT2D eigenvalue weighted by atomic mass is 32.1. The van der Waals surface area contributed by atoms with Gasteiger partial charge in [-0.25, -0.2) is 0 Å². The lowest BCUT2D eigenvalue weighted by molar-refractivity contribution is 0.0239. The molecule has 1 aromatic carbocycles. The van der Waals surface area contributed by atoms with Crippen molar-refractivity contribution in [2.75, 3.05) is 7.11 Å². The van der Waals surface area contributed by atoms with Gasteiger partial charge in [-0.15, -0.1) is 11.3 Å². The average Bonchev–Trinajstić information content (AvgIpc) is 2.93. The van der Waals surface area contributed by atoms with Gasteiger partial charge in [0.25, 0.3) is 5.91 Å². The molecule has 5 heteroatoms. The van der Waals surface area contributed by atoms with Crippen molar-refractivity contribution in [1.29, 1.82) is 0 Å². The zero-order chi connectivity index (χ0) is 17.1. The molecule has 1 amide bonds. The fraction of sp³-hybridized carbons (Fsp3) is 0.421. The number of rotatable bonds is 6. The molecule has 1 heterocycles. The Morgan fingerprint density at radius 2 is 2.08 bits per heavy atom. The van der Waals surface area contributed by atoms with Crippen molar-refractivity contribution in [2.24, 2.45) is 5.92 Å². The highest BCUT2D eigenvalue weighted by Gasteiger charge is 2.35. The second kappa shape index (κ2) is 7.36. The molecule has 4 nitrogen and oxygen atoms in total. The lowest BCUT2D eigenvalue weighted by Gasteiger charge is -2.38. The number of nitrogens with one attached hydrogen (secondary N) is 1. The quantitative estimate of drug-likeness (QED) is 0.845. The molecular formula is C19H23NO3S. The van der Waals surface area contributed by atoms with Crippen LogP contribution in [0, 0.1) is 12.8 Å². The van der Waals surface area contributed by atoms with E-state index >= 15 is 0 Å². The van der Waals surface area contributed by atoms with Gasteiger partial charge in [0, 0.05) is 10.9 Å². The number of aliphatic hydroxyl groups is 1. The molecule has 3 rings (SSSR count). The summed E-state index contributed by atoms with van der Waals surface area (Å²) in [6.07, 6.45) is 2.04. The van der Waals surface area contributed by atoms with E-state index in [0.29, 0.717) is 16.5 Å². The van der Waals surface area contributed by atoms with E-state index in [9.17, 15) is 9.90 Å². The van der Waals surface area contributed by atoms with Gasteiger partial charge in [-0.1, -0.05) is 30.3 Å². The van der Waals surface area contributed by atoms with Gasteiger partial charge < -0.3 is 15.2 Å². The molecule has 128 valence electrons. The van der Waals surface area contributed by atoms with E-state index < -0.39 is 0 Å². The van der Waals surface area contributed by atoms with E-state index in [-0.39, 0.29) is 18.1 Å². The van der Waals surface area contributed by atoms with Crippen LogP contribution < -0.4 is 10.1 Å². The SMILES string of the molecule is COc1cc(C)sc1C(=O)N[C@H](Cc1ccccc1)C1CC(O)C1. The summed E-state index contributed by atoms with van der Waals surface area (Å²) in [5.74, 6) is 0.852. The van der Waals surface area contributed by atoms with Gasteiger partial charge in [-0.2, -0.15) is 0 Å². The Balaban J connectivity index is 1.74. The van der Waals surface area contributed by atoms with Crippen molar-refractivity contribution in [3.63, 3.8) is 0 Å². The van der Waals surface area contributed by atoms with Gasteiger partial charge >= 0.3 is 0 Å². The number of carbonyl (C=O) groups excluding carboxylic acids is 1. The monoisotopic (exact) mass is 345 g/mol. The molecule has 0 aliphatic heterocycles. The molecule has 1 aliphatic carbocycles. The number of amides is 1. The highest BCUT2D eigenvalue weighted by Crippen LogP contribution is 2.33. The van der Waals surface area contributed by atoms with E-state index in [1.165, 1.54) is 16.9 Å². The maximum Gasteiger partial charge on any atom is 0.265 e. The van der Waals surface area contributed by atoms with Crippen molar-refractivity contribution < 1.29 is 14.6 Å². The molecular weight excluding hydrogens is 322 g/mol. The molecule has 1 fully saturated rings. The van der Waals surface area contributed by atoms with E-state index in [1.807, 2.05) is 31.2 Å². The second-order valence-corrected chi connectivity index (χ2v) is 7.67. The topological polar surface area (TPSA) is 58.6 Å². The first-order valence-corrected chi connectivity index (χ1v) is 9.05. The summed E-state index contributed by atoms with van der Waals surface area (Å²) < 4.78 is 5.31. The zero-order valence-electron chi connectivity index (χ0n) is 14.0. The van der Waals surface area contributed by atoms with Gasteiger partial charge in [0.2, 0.25) is 0 Å². The Bertz CT molecular complexity index is 692. The van der Waals surface area contributed by atoms with Crippen LogP contribution in [0.15, 0.2) is 36.4 Å². The van der Waals surface area contributed by atoms with Crippen LogP contribution in [0.1, 0.15) is 33.0 Å². The predicted molar refractivity (Wildman–Crippen MR) is 95.7 cm³/mol. The van der Waals surface area contributed by atoms with Crippen molar-refractivity contribution in [3.8, 4) is 5.75 Å². The number of carbonyl (C=O) groups is 1. The molecule has 1 aromatic heterocycles. The second-order valence-electron chi connectivity index (χ2n) is 6.41. The average molecular weight is 345 g/mol. The van der Waals surface area contributed by atoms with Gasteiger partial charge in [-0.3, -0.25) is 4.79 Å². The minimum atomic E-state index is -0.233. The van der Waals surface area contributed by atoms with Crippen LogP contribution in [0.4, 0.5) is 0 Å². The van der Waals surface area contributed by atoms with Crippen molar-refractivity contribution in [3.05, 3.63) is 51.7 Å². The molecule has 0 unspecified atom stereocenters. The van der Waals surface area contributed by atoms with Crippen LogP contribution in [-0.2, 0) is 6.42 Å². The summed E-state index contributed by atoms with van der Waals surface area (Å²) in [6, 6.07) is 12.1. The van der Waals surface area contributed by atoms with E-state index in [1.54, 1.807) is 7.11 Å². The Kier molecular flexibility index (Phi) is 5.21. The Morgan fingerprint density at radius 3 is 2.71 bits per heavy atom. The molecule has 24 heavy (non-hydrogen) atoms. The standard InChI is InChI=1S/C19H23NO3S/c1-12-8-17(23-2)18(24-12)19(22)20-16(14-10-15(21)11-14)9-13-6-4-3-5-7-13/h3-8,14-16,21H,9-11H2,1-2H3,(H,20,22)/t14?,15?,16-/m1/s1. The molecule has 1 aliphatic rings. The summed E-state index contributed by atoms with van der Waals surface area (Å²) in [6.45, 7) is 1.97. The van der Waals surface area contributed by atoms with Crippen LogP contribution in [0.5, 0.6) is 5.75 Å². The Labute approximate surface area is 146 Å². The third kappa shape index (κ3) is 3.79. The van der Waals surface area contributed by atoms with Crippen LogP contribution in [0.3, 0.4) is 0 Å². The summed E-state index contributed by atoms with van der Waals surface area (Å²) in [4.78, 5) is 14.4. The van der Waals surface area contributed by atoms with Crippen molar-refractivity contribution >= 4 is 17.2 Å².